The SMILES string of the molecule is CNC(C)Cc1noc(C2C(C)(C)C2(C)C)n1. The van der Waals surface area contributed by atoms with Crippen molar-refractivity contribution >= 4 is 0 Å². The van der Waals surface area contributed by atoms with E-state index in [1.54, 1.807) is 0 Å². The summed E-state index contributed by atoms with van der Waals surface area (Å²) in [4.78, 5) is 4.53. The van der Waals surface area contributed by atoms with E-state index in [2.05, 4.69) is 50.1 Å². The van der Waals surface area contributed by atoms with Gasteiger partial charge in [0.25, 0.3) is 0 Å². The number of hydrogen-bond donors (Lipinski definition) is 1. The van der Waals surface area contributed by atoms with Crippen molar-refractivity contribution in [2.75, 3.05) is 7.05 Å². The molecule has 1 fully saturated rings. The third-order valence-corrected chi connectivity index (χ3v) is 4.73. The predicted molar refractivity (Wildman–Crippen MR) is 66.8 cm³/mol. The Morgan fingerprint density at radius 2 is 1.88 bits per heavy atom. The van der Waals surface area contributed by atoms with E-state index in [1.165, 1.54) is 0 Å². The van der Waals surface area contributed by atoms with Gasteiger partial charge in [-0.25, -0.2) is 0 Å². The van der Waals surface area contributed by atoms with Crippen molar-refractivity contribution in [3.8, 4) is 0 Å². The molecular weight excluding hydrogens is 214 g/mol. The summed E-state index contributed by atoms with van der Waals surface area (Å²) in [5.74, 6) is 2.00. The van der Waals surface area contributed by atoms with Gasteiger partial charge < -0.3 is 9.84 Å². The topological polar surface area (TPSA) is 51.0 Å². The van der Waals surface area contributed by atoms with Gasteiger partial charge in [0.2, 0.25) is 5.89 Å². The van der Waals surface area contributed by atoms with E-state index < -0.39 is 0 Å². The molecule has 1 aliphatic carbocycles. The molecule has 0 radical (unpaired) electrons. The highest BCUT2D eigenvalue weighted by Gasteiger charge is 2.67. The Morgan fingerprint density at radius 3 is 2.35 bits per heavy atom. The van der Waals surface area contributed by atoms with Gasteiger partial charge in [0.05, 0.1) is 0 Å². The van der Waals surface area contributed by atoms with Gasteiger partial charge in [-0.05, 0) is 24.8 Å². The van der Waals surface area contributed by atoms with Gasteiger partial charge >= 0.3 is 0 Å². The van der Waals surface area contributed by atoms with Crippen molar-refractivity contribution in [1.29, 1.82) is 0 Å². The third kappa shape index (κ3) is 1.88. The summed E-state index contributed by atoms with van der Waals surface area (Å²) >= 11 is 0. The summed E-state index contributed by atoms with van der Waals surface area (Å²) in [5, 5.41) is 7.25. The Kier molecular flexibility index (Phi) is 2.81. The molecule has 0 spiro atoms. The summed E-state index contributed by atoms with van der Waals surface area (Å²) in [6.45, 7) is 11.2. The number of aromatic nitrogens is 2. The first kappa shape index (κ1) is 12.6. The fraction of sp³-hybridized carbons (Fsp3) is 0.846. The second-order valence-corrected chi connectivity index (χ2v) is 6.32. The third-order valence-electron chi connectivity index (χ3n) is 4.73. The number of rotatable bonds is 4. The Bertz CT molecular complexity index is 395. The first-order valence-corrected chi connectivity index (χ1v) is 6.30. The molecule has 1 aromatic heterocycles. The number of nitrogens with one attached hydrogen (secondary N) is 1. The van der Waals surface area contributed by atoms with Crippen LogP contribution in [0.25, 0.3) is 0 Å². The van der Waals surface area contributed by atoms with E-state index in [9.17, 15) is 0 Å². The lowest BCUT2D eigenvalue weighted by atomic mass is 10.0. The second kappa shape index (κ2) is 3.80. The lowest BCUT2D eigenvalue weighted by molar-refractivity contribution is 0.359. The minimum absolute atomic E-state index is 0.255. The van der Waals surface area contributed by atoms with Crippen LogP contribution in [0.3, 0.4) is 0 Å². The van der Waals surface area contributed by atoms with Gasteiger partial charge in [-0.15, -0.1) is 0 Å². The van der Waals surface area contributed by atoms with Gasteiger partial charge in [-0.2, -0.15) is 4.98 Å². The fourth-order valence-electron chi connectivity index (χ4n) is 2.66. The van der Waals surface area contributed by atoms with E-state index in [1.807, 2.05) is 7.05 Å². The second-order valence-electron chi connectivity index (χ2n) is 6.32. The number of hydrogen-bond acceptors (Lipinski definition) is 4. The van der Waals surface area contributed by atoms with Gasteiger partial charge in [0, 0.05) is 18.4 Å². The number of nitrogens with zero attached hydrogens (tertiary/aromatic N) is 2. The van der Waals surface area contributed by atoms with Crippen molar-refractivity contribution in [1.82, 2.24) is 15.5 Å². The molecule has 1 atom stereocenters. The highest BCUT2D eigenvalue weighted by molar-refractivity contribution is 5.24. The highest BCUT2D eigenvalue weighted by Crippen LogP contribution is 2.73. The molecule has 1 saturated carbocycles. The first-order valence-electron chi connectivity index (χ1n) is 6.30. The normalized spacial score (nSPS) is 23.6. The van der Waals surface area contributed by atoms with Crippen LogP contribution in [0.5, 0.6) is 0 Å². The zero-order chi connectivity index (χ0) is 12.8. The molecule has 0 aliphatic heterocycles. The standard InChI is InChI=1S/C13H23N3O/c1-8(14-6)7-9-15-11(17-16-9)10-12(2,3)13(10,4)5/h8,10,14H,7H2,1-6H3. The van der Waals surface area contributed by atoms with E-state index in [0.29, 0.717) is 12.0 Å². The van der Waals surface area contributed by atoms with Gasteiger partial charge in [-0.3, -0.25) is 0 Å². The minimum Gasteiger partial charge on any atom is -0.339 e. The highest BCUT2D eigenvalue weighted by atomic mass is 16.5. The molecule has 0 amide bonds. The van der Waals surface area contributed by atoms with Crippen LogP contribution in [-0.2, 0) is 6.42 Å². The lowest BCUT2D eigenvalue weighted by Gasteiger charge is -2.04. The van der Waals surface area contributed by atoms with Crippen molar-refractivity contribution in [2.45, 2.75) is 53.0 Å². The Morgan fingerprint density at radius 1 is 1.29 bits per heavy atom. The monoisotopic (exact) mass is 237 g/mol. The molecule has 96 valence electrons. The molecule has 4 heteroatoms. The number of likely N-dealkylation sites (N-methyl/N-ethyl adjacent to an activating group) is 1. The average molecular weight is 237 g/mol. The molecule has 4 nitrogen and oxygen atoms in total. The summed E-state index contributed by atoms with van der Waals surface area (Å²) in [6, 6.07) is 0.376. The van der Waals surface area contributed by atoms with Crippen molar-refractivity contribution in [2.24, 2.45) is 10.8 Å². The zero-order valence-electron chi connectivity index (χ0n) is 11.7. The molecular formula is C13H23N3O. The zero-order valence-corrected chi connectivity index (χ0v) is 11.7. The van der Waals surface area contributed by atoms with Crippen LogP contribution in [0, 0.1) is 10.8 Å². The molecule has 1 aromatic rings. The lowest BCUT2D eigenvalue weighted by Crippen LogP contribution is -2.24. The van der Waals surface area contributed by atoms with Gasteiger partial charge in [0.1, 0.15) is 0 Å². The molecule has 1 aliphatic rings. The molecule has 1 unspecified atom stereocenters. The van der Waals surface area contributed by atoms with Crippen LogP contribution < -0.4 is 5.32 Å². The molecule has 0 saturated heterocycles. The fourth-order valence-corrected chi connectivity index (χ4v) is 2.66. The maximum atomic E-state index is 5.42. The van der Waals surface area contributed by atoms with E-state index in [-0.39, 0.29) is 10.8 Å². The van der Waals surface area contributed by atoms with Crippen LogP contribution in [0.1, 0.15) is 52.3 Å². The Balaban J connectivity index is 2.11. The van der Waals surface area contributed by atoms with E-state index in [0.717, 1.165) is 18.1 Å². The van der Waals surface area contributed by atoms with Crippen LogP contribution in [-0.4, -0.2) is 23.2 Å². The predicted octanol–water partition coefficient (Wildman–Crippen LogP) is 2.37. The average Bonchev–Trinajstić information content (AvgIpc) is 2.57. The van der Waals surface area contributed by atoms with Gasteiger partial charge in [0.15, 0.2) is 5.82 Å². The van der Waals surface area contributed by atoms with Crippen molar-refractivity contribution < 1.29 is 4.52 Å². The van der Waals surface area contributed by atoms with E-state index in [4.69, 9.17) is 4.52 Å². The molecule has 17 heavy (non-hydrogen) atoms. The van der Waals surface area contributed by atoms with Crippen LogP contribution in [0.4, 0.5) is 0 Å². The summed E-state index contributed by atoms with van der Waals surface area (Å²) in [5.41, 5.74) is 0.511. The quantitative estimate of drug-likeness (QED) is 0.873. The van der Waals surface area contributed by atoms with Gasteiger partial charge in [-0.1, -0.05) is 32.9 Å². The van der Waals surface area contributed by atoms with E-state index >= 15 is 0 Å². The van der Waals surface area contributed by atoms with Crippen molar-refractivity contribution in [3.63, 3.8) is 0 Å². The first-order chi connectivity index (χ1) is 7.80. The molecule has 1 heterocycles. The maximum absolute atomic E-state index is 5.42. The minimum atomic E-state index is 0.255. The Labute approximate surface area is 103 Å². The molecule has 1 N–H and O–H groups in total. The Hall–Kier alpha value is -0.900. The molecule has 2 rings (SSSR count). The van der Waals surface area contributed by atoms with Crippen LogP contribution in [0.2, 0.25) is 0 Å². The van der Waals surface area contributed by atoms with Crippen molar-refractivity contribution in [3.05, 3.63) is 11.7 Å². The summed E-state index contributed by atoms with van der Waals surface area (Å²) < 4.78 is 5.42. The van der Waals surface area contributed by atoms with Crippen LogP contribution >= 0.6 is 0 Å². The molecule has 0 aromatic carbocycles. The maximum Gasteiger partial charge on any atom is 0.230 e. The molecule has 0 bridgehead atoms. The smallest absolute Gasteiger partial charge is 0.230 e. The largest absolute Gasteiger partial charge is 0.339 e. The summed E-state index contributed by atoms with van der Waals surface area (Å²) in [6.07, 6.45) is 0.813. The van der Waals surface area contributed by atoms with Crippen LogP contribution in [0.15, 0.2) is 4.52 Å². The summed E-state index contributed by atoms with van der Waals surface area (Å²) in [7, 11) is 1.94.